The number of aliphatic carboxylic acids is 1. The first-order valence-corrected chi connectivity index (χ1v) is 6.51. The number of nitrogens with two attached hydrogens (primary N) is 1. The van der Waals surface area contributed by atoms with Crippen molar-refractivity contribution in [3.05, 3.63) is 0 Å². The Kier molecular flexibility index (Phi) is 5.71. The van der Waals surface area contributed by atoms with Crippen LogP contribution in [0.15, 0.2) is 0 Å². The number of hydrogen-bond acceptors (Lipinski definition) is 4. The lowest BCUT2D eigenvalue weighted by atomic mass is 10.2. The van der Waals surface area contributed by atoms with E-state index in [-0.39, 0.29) is 12.2 Å². The largest absolute Gasteiger partial charge is 0.480 e. The van der Waals surface area contributed by atoms with Gasteiger partial charge in [0.15, 0.2) is 0 Å². The highest BCUT2D eigenvalue weighted by Crippen LogP contribution is 2.02. The highest BCUT2D eigenvalue weighted by atomic mass is 32.2. The van der Waals surface area contributed by atoms with Crippen molar-refractivity contribution in [3.63, 3.8) is 0 Å². The summed E-state index contributed by atoms with van der Waals surface area (Å²) in [4.78, 5) is 10.4. The summed E-state index contributed by atoms with van der Waals surface area (Å²) in [6.07, 6.45) is 1.74. The molecule has 0 radical (unpaired) electrons. The van der Waals surface area contributed by atoms with E-state index in [1.54, 1.807) is 0 Å². The van der Waals surface area contributed by atoms with Gasteiger partial charge in [0.2, 0.25) is 0 Å². The summed E-state index contributed by atoms with van der Waals surface area (Å²) in [6, 6.07) is -0.997. The average molecular weight is 222 g/mol. The van der Waals surface area contributed by atoms with E-state index >= 15 is 0 Å². The molecule has 0 amide bonds. The fraction of sp³-hybridized carbons (Fsp3) is 0.875. The Balaban J connectivity index is 3.93. The molecule has 2 atom stereocenters. The lowest BCUT2D eigenvalue weighted by Crippen LogP contribution is -2.32. The van der Waals surface area contributed by atoms with Gasteiger partial charge in [-0.15, -0.1) is 0 Å². The zero-order chi connectivity index (χ0) is 11.2. The lowest BCUT2D eigenvalue weighted by molar-refractivity contribution is -0.138. The third kappa shape index (κ3) is 5.93. The minimum atomic E-state index is -2.62. The first kappa shape index (κ1) is 13.4. The molecule has 0 aliphatic heterocycles. The normalized spacial score (nSPS) is 17.3. The molecule has 0 spiro atoms. The first-order chi connectivity index (χ1) is 6.39. The van der Waals surface area contributed by atoms with E-state index < -0.39 is 21.7 Å². The molecule has 84 valence electrons. The number of rotatable bonds is 7. The maximum atomic E-state index is 11.5. The molecular formula is C8H18N2O3S. The van der Waals surface area contributed by atoms with Crippen LogP contribution >= 0.6 is 0 Å². The molecule has 0 bridgehead atoms. The van der Waals surface area contributed by atoms with E-state index in [0.717, 1.165) is 12.8 Å². The van der Waals surface area contributed by atoms with Crippen molar-refractivity contribution >= 4 is 15.7 Å². The first-order valence-electron chi connectivity index (χ1n) is 4.61. The number of carbonyl (C=O) groups is 1. The van der Waals surface area contributed by atoms with Gasteiger partial charge in [0, 0.05) is 21.2 Å². The Morgan fingerprint density at radius 3 is 2.57 bits per heavy atom. The predicted molar refractivity (Wildman–Crippen MR) is 55.7 cm³/mol. The smallest absolute Gasteiger partial charge is 0.320 e. The second-order valence-electron chi connectivity index (χ2n) is 3.31. The van der Waals surface area contributed by atoms with E-state index in [9.17, 15) is 9.00 Å². The number of nitrogens with one attached hydrogen (secondary N) is 1. The molecule has 0 aromatic rings. The Hall–Kier alpha value is -0.620. The summed E-state index contributed by atoms with van der Waals surface area (Å²) in [5, 5.41) is 8.48. The molecule has 0 aliphatic carbocycles. The van der Waals surface area contributed by atoms with Crippen LogP contribution in [-0.4, -0.2) is 32.8 Å². The molecule has 4 N–H and O–H groups in total. The van der Waals surface area contributed by atoms with Crippen molar-refractivity contribution < 1.29 is 14.1 Å². The Morgan fingerprint density at radius 1 is 1.57 bits per heavy atom. The van der Waals surface area contributed by atoms with Gasteiger partial charge in [-0.2, -0.15) is 0 Å². The van der Waals surface area contributed by atoms with E-state index in [0.29, 0.717) is 5.75 Å². The van der Waals surface area contributed by atoms with Gasteiger partial charge in [-0.3, -0.25) is 9.57 Å². The predicted octanol–water partition coefficient (Wildman–Crippen LogP) is 0.635. The molecule has 0 fully saturated rings. The number of unbranched alkanes of at least 4 members (excludes halogenated alkanes) is 1. The third-order valence-corrected chi connectivity index (χ3v) is 3.75. The van der Waals surface area contributed by atoms with Crippen LogP contribution < -0.4 is 5.73 Å². The van der Waals surface area contributed by atoms with Crippen LogP contribution in [-0.2, 0) is 14.5 Å². The number of hydrogen-bond donors (Lipinski definition) is 3. The average Bonchev–Trinajstić information content (AvgIpc) is 2.11. The summed E-state index contributed by atoms with van der Waals surface area (Å²) in [5.74, 6) is -0.674. The maximum Gasteiger partial charge on any atom is 0.320 e. The fourth-order valence-electron chi connectivity index (χ4n) is 0.920. The van der Waals surface area contributed by atoms with Crippen LogP contribution in [0.4, 0.5) is 0 Å². The molecule has 0 saturated heterocycles. The molecular weight excluding hydrogens is 204 g/mol. The standard InChI is InChI=1S/C8H18N2O3S/c1-2-3-5-14(10,13)6-4-7(9)8(11)12/h7,10H,2-6,9H2,1H3,(H,11,12)/t7-,14+/m1/s1. The number of carboxylic acids is 1. The molecule has 14 heavy (non-hydrogen) atoms. The number of carboxylic acid groups (broad SMARTS) is 1. The highest BCUT2D eigenvalue weighted by molar-refractivity contribution is 7.92. The van der Waals surface area contributed by atoms with Crippen molar-refractivity contribution in [2.24, 2.45) is 5.73 Å². The van der Waals surface area contributed by atoms with E-state index in [1.165, 1.54) is 0 Å². The van der Waals surface area contributed by atoms with Gasteiger partial charge in [0.1, 0.15) is 6.04 Å². The molecule has 0 aromatic carbocycles. The topological polar surface area (TPSA) is 104 Å². The third-order valence-electron chi connectivity index (χ3n) is 1.90. The molecule has 6 heteroatoms. The molecule has 0 rings (SSSR count). The van der Waals surface area contributed by atoms with Crippen LogP contribution in [0.1, 0.15) is 26.2 Å². The second kappa shape index (κ2) is 5.98. The highest BCUT2D eigenvalue weighted by Gasteiger charge is 2.14. The summed E-state index contributed by atoms with van der Waals surface area (Å²) in [5.41, 5.74) is 5.24. The monoisotopic (exact) mass is 222 g/mol. The minimum absolute atomic E-state index is 0.0838. The molecule has 0 saturated carbocycles. The van der Waals surface area contributed by atoms with Crippen molar-refractivity contribution in [2.75, 3.05) is 11.5 Å². The van der Waals surface area contributed by atoms with Crippen molar-refractivity contribution in [2.45, 2.75) is 32.2 Å². The Labute approximate surface area is 84.7 Å². The molecule has 0 heterocycles. The maximum absolute atomic E-state index is 11.5. The van der Waals surface area contributed by atoms with E-state index in [1.807, 2.05) is 6.92 Å². The molecule has 0 aliphatic rings. The lowest BCUT2D eigenvalue weighted by Gasteiger charge is -2.08. The molecule has 0 unspecified atom stereocenters. The minimum Gasteiger partial charge on any atom is -0.480 e. The van der Waals surface area contributed by atoms with Crippen LogP contribution in [0.2, 0.25) is 0 Å². The quantitative estimate of drug-likeness (QED) is 0.587. The molecule has 0 aromatic heterocycles. The van der Waals surface area contributed by atoms with Gasteiger partial charge >= 0.3 is 5.97 Å². The van der Waals surface area contributed by atoms with E-state index in [4.69, 9.17) is 15.6 Å². The summed E-state index contributed by atoms with van der Waals surface area (Å²) in [7, 11) is -2.62. The Morgan fingerprint density at radius 2 is 2.14 bits per heavy atom. The summed E-state index contributed by atoms with van der Waals surface area (Å²) >= 11 is 0. The van der Waals surface area contributed by atoms with Gasteiger partial charge < -0.3 is 10.8 Å². The fourth-order valence-corrected chi connectivity index (χ4v) is 2.51. The van der Waals surface area contributed by atoms with Gasteiger partial charge in [-0.25, -0.2) is 4.21 Å². The zero-order valence-electron chi connectivity index (χ0n) is 8.36. The second-order valence-corrected chi connectivity index (χ2v) is 5.75. The van der Waals surface area contributed by atoms with Gasteiger partial charge in [0.05, 0.1) is 0 Å². The molecule has 5 nitrogen and oxygen atoms in total. The van der Waals surface area contributed by atoms with Crippen LogP contribution in [0.25, 0.3) is 0 Å². The summed E-state index contributed by atoms with van der Waals surface area (Å²) in [6.45, 7) is 1.96. The van der Waals surface area contributed by atoms with Gasteiger partial charge in [0.25, 0.3) is 0 Å². The van der Waals surface area contributed by atoms with E-state index in [2.05, 4.69) is 0 Å². The Bertz CT molecular complexity index is 274. The van der Waals surface area contributed by atoms with Crippen LogP contribution in [0, 0.1) is 4.78 Å². The van der Waals surface area contributed by atoms with Crippen LogP contribution in [0.5, 0.6) is 0 Å². The van der Waals surface area contributed by atoms with Crippen molar-refractivity contribution in [3.8, 4) is 0 Å². The van der Waals surface area contributed by atoms with Crippen molar-refractivity contribution in [1.82, 2.24) is 0 Å². The van der Waals surface area contributed by atoms with Gasteiger partial charge in [-0.05, 0) is 12.8 Å². The SMILES string of the molecule is CCCC[S@](=N)(=O)CC[C@@H](N)C(=O)O. The zero-order valence-corrected chi connectivity index (χ0v) is 9.18. The van der Waals surface area contributed by atoms with Crippen LogP contribution in [0.3, 0.4) is 0 Å². The van der Waals surface area contributed by atoms with Crippen molar-refractivity contribution in [1.29, 1.82) is 4.78 Å². The van der Waals surface area contributed by atoms with Gasteiger partial charge in [-0.1, -0.05) is 13.3 Å². The summed E-state index contributed by atoms with van der Waals surface area (Å²) < 4.78 is 18.9.